The van der Waals surface area contributed by atoms with Crippen LogP contribution in [0.3, 0.4) is 0 Å². The normalized spacial score (nSPS) is 22.5. The first-order valence-electron chi connectivity index (χ1n) is 10.6. The van der Waals surface area contributed by atoms with Crippen LogP contribution in [0.2, 0.25) is 0 Å². The highest BCUT2D eigenvalue weighted by Crippen LogP contribution is 2.22. The van der Waals surface area contributed by atoms with E-state index >= 15 is 0 Å². The molecule has 0 amide bonds. The van der Waals surface area contributed by atoms with Crippen molar-refractivity contribution in [1.82, 2.24) is 24.1 Å². The quantitative estimate of drug-likeness (QED) is 0.629. The van der Waals surface area contributed by atoms with Crippen molar-refractivity contribution in [2.75, 3.05) is 37.7 Å². The number of aromatic nitrogens is 3. The van der Waals surface area contributed by atoms with E-state index in [1.807, 2.05) is 16.3 Å². The zero-order valence-corrected chi connectivity index (χ0v) is 19.5. The van der Waals surface area contributed by atoms with Gasteiger partial charge in [0, 0.05) is 46.2 Å². The van der Waals surface area contributed by atoms with Gasteiger partial charge in [-0.1, -0.05) is 24.3 Å². The van der Waals surface area contributed by atoms with Gasteiger partial charge in [0.2, 0.25) is 0 Å². The van der Waals surface area contributed by atoms with E-state index in [1.165, 1.54) is 11.1 Å². The van der Waals surface area contributed by atoms with Crippen LogP contribution in [0.25, 0.3) is 0 Å². The Morgan fingerprint density at radius 2 is 1.83 bits per heavy atom. The summed E-state index contributed by atoms with van der Waals surface area (Å²) in [6.07, 6.45) is 1.40. The van der Waals surface area contributed by atoms with E-state index in [2.05, 4.69) is 41.0 Å². The minimum absolute atomic E-state index is 0.156. The molecule has 9 heteroatoms. The maximum absolute atomic E-state index is 11.7. The molecule has 2 aromatic rings. The molecule has 1 atom stereocenters. The fourth-order valence-corrected chi connectivity index (χ4v) is 6.47. The van der Waals surface area contributed by atoms with E-state index in [0.29, 0.717) is 23.6 Å². The molecule has 1 aromatic heterocycles. The Balaban J connectivity index is 1.33. The Morgan fingerprint density at radius 3 is 2.50 bits per heavy atom. The maximum Gasteiger partial charge on any atom is 0.198 e. The van der Waals surface area contributed by atoms with Crippen LogP contribution in [0.1, 0.15) is 23.4 Å². The highest BCUT2D eigenvalue weighted by molar-refractivity contribution is 7.91. The van der Waals surface area contributed by atoms with Crippen molar-refractivity contribution in [3.05, 3.63) is 46.0 Å². The van der Waals surface area contributed by atoms with Gasteiger partial charge in [0.15, 0.2) is 14.6 Å². The van der Waals surface area contributed by atoms with Crippen molar-refractivity contribution in [3.8, 4) is 0 Å². The molecule has 3 heterocycles. The van der Waals surface area contributed by atoms with Gasteiger partial charge in [0.1, 0.15) is 5.82 Å². The molecule has 0 N–H and O–H groups in total. The molecule has 4 rings (SSSR count). The molecule has 0 radical (unpaired) electrons. The minimum atomic E-state index is -2.87. The number of hydrogen-bond acceptors (Lipinski definition) is 6. The molecule has 2 saturated heterocycles. The zero-order valence-electron chi connectivity index (χ0n) is 17.8. The van der Waals surface area contributed by atoms with Crippen molar-refractivity contribution in [1.29, 1.82) is 0 Å². The second kappa shape index (κ2) is 8.90. The second-order valence-corrected chi connectivity index (χ2v) is 11.3. The van der Waals surface area contributed by atoms with Crippen molar-refractivity contribution in [2.45, 2.75) is 33.0 Å². The Bertz CT molecular complexity index is 1050. The summed E-state index contributed by atoms with van der Waals surface area (Å²) >= 11 is 5.60. The molecule has 0 bridgehead atoms. The third kappa shape index (κ3) is 5.01. The van der Waals surface area contributed by atoms with E-state index < -0.39 is 9.84 Å². The topological polar surface area (TPSA) is 63.4 Å². The molecule has 2 fully saturated rings. The Morgan fingerprint density at radius 1 is 1.13 bits per heavy atom. The zero-order chi connectivity index (χ0) is 21.3. The Kier molecular flexibility index (Phi) is 6.43. The third-order valence-electron chi connectivity index (χ3n) is 6.38. The fourth-order valence-electron chi connectivity index (χ4n) is 4.40. The summed E-state index contributed by atoms with van der Waals surface area (Å²) in [6, 6.07) is 8.59. The number of piperazine rings is 1. The van der Waals surface area contributed by atoms with E-state index in [0.717, 1.165) is 45.0 Å². The third-order valence-corrected chi connectivity index (χ3v) is 8.70. The van der Waals surface area contributed by atoms with Crippen LogP contribution in [-0.4, -0.2) is 70.2 Å². The number of rotatable bonds is 6. The average Bonchev–Trinajstić information content (AvgIpc) is 3.19. The molecule has 0 aliphatic carbocycles. The van der Waals surface area contributed by atoms with Crippen LogP contribution >= 0.6 is 12.2 Å². The van der Waals surface area contributed by atoms with Gasteiger partial charge in [-0.15, -0.1) is 0 Å². The summed E-state index contributed by atoms with van der Waals surface area (Å²) in [6.45, 7) is 7.89. The minimum Gasteiger partial charge on any atom is -0.307 e. The summed E-state index contributed by atoms with van der Waals surface area (Å²) in [5, 5.41) is 4.74. The molecule has 30 heavy (non-hydrogen) atoms. The van der Waals surface area contributed by atoms with Crippen molar-refractivity contribution < 1.29 is 8.42 Å². The first-order valence-corrected chi connectivity index (χ1v) is 12.9. The van der Waals surface area contributed by atoms with Crippen LogP contribution in [0.4, 0.5) is 0 Å². The average molecular weight is 450 g/mol. The molecule has 7 nitrogen and oxygen atoms in total. The lowest BCUT2D eigenvalue weighted by Gasteiger charge is -2.34. The van der Waals surface area contributed by atoms with E-state index in [4.69, 9.17) is 17.3 Å². The standard InChI is InChI=1S/C21H31N5O2S2/c1-17-5-3-4-6-19(17)14-24-8-10-25(11-9-24)16-26-21(29)23(2)20(22-26)13-18-7-12-30(27,28)15-18/h3-6,18H,7-16H2,1-2H3. The number of nitrogens with zero attached hydrogens (tertiary/aromatic N) is 5. The molecular formula is C21H31N5O2S2. The van der Waals surface area contributed by atoms with Gasteiger partial charge in [0.05, 0.1) is 18.2 Å². The molecular weight excluding hydrogens is 418 g/mol. The first kappa shape index (κ1) is 21.7. The lowest BCUT2D eigenvalue weighted by molar-refractivity contribution is 0.0978. The van der Waals surface area contributed by atoms with Crippen molar-refractivity contribution in [2.24, 2.45) is 13.0 Å². The number of aryl methyl sites for hydroxylation is 1. The summed E-state index contributed by atoms with van der Waals surface area (Å²) < 4.78 is 28.0. The van der Waals surface area contributed by atoms with Crippen LogP contribution in [0.15, 0.2) is 24.3 Å². The van der Waals surface area contributed by atoms with Gasteiger partial charge in [-0.2, -0.15) is 5.10 Å². The van der Waals surface area contributed by atoms with Crippen molar-refractivity contribution >= 4 is 22.1 Å². The summed E-state index contributed by atoms with van der Waals surface area (Å²) in [7, 11) is -0.933. The van der Waals surface area contributed by atoms with Gasteiger partial charge in [-0.3, -0.25) is 9.80 Å². The van der Waals surface area contributed by atoms with Crippen LogP contribution in [-0.2, 0) is 36.5 Å². The molecule has 2 aliphatic rings. The van der Waals surface area contributed by atoms with Crippen LogP contribution in [0, 0.1) is 17.6 Å². The summed E-state index contributed by atoms with van der Waals surface area (Å²) in [5.74, 6) is 1.62. The van der Waals surface area contributed by atoms with Gasteiger partial charge in [0.25, 0.3) is 0 Å². The SMILES string of the molecule is Cc1ccccc1CN1CCN(Cn2nc(CC3CCS(=O)(=O)C3)n(C)c2=S)CC1. The first-order chi connectivity index (χ1) is 14.3. The molecule has 0 spiro atoms. The van der Waals surface area contributed by atoms with Crippen LogP contribution < -0.4 is 0 Å². The number of sulfone groups is 1. The van der Waals surface area contributed by atoms with Gasteiger partial charge in [-0.25, -0.2) is 13.1 Å². The lowest BCUT2D eigenvalue weighted by atomic mass is 10.1. The van der Waals surface area contributed by atoms with E-state index in [9.17, 15) is 8.42 Å². The molecule has 164 valence electrons. The predicted molar refractivity (Wildman–Crippen MR) is 121 cm³/mol. The smallest absolute Gasteiger partial charge is 0.198 e. The molecule has 2 aliphatic heterocycles. The molecule has 1 unspecified atom stereocenters. The van der Waals surface area contributed by atoms with Gasteiger partial charge < -0.3 is 4.57 Å². The highest BCUT2D eigenvalue weighted by Gasteiger charge is 2.29. The molecule has 1 aromatic carbocycles. The molecule has 0 saturated carbocycles. The van der Waals surface area contributed by atoms with Gasteiger partial charge >= 0.3 is 0 Å². The van der Waals surface area contributed by atoms with E-state index in [1.54, 1.807) is 0 Å². The number of hydrogen-bond donors (Lipinski definition) is 0. The largest absolute Gasteiger partial charge is 0.307 e. The second-order valence-electron chi connectivity index (χ2n) is 8.69. The van der Waals surface area contributed by atoms with Gasteiger partial charge in [-0.05, 0) is 42.6 Å². The van der Waals surface area contributed by atoms with E-state index in [-0.39, 0.29) is 11.7 Å². The maximum atomic E-state index is 11.7. The monoisotopic (exact) mass is 449 g/mol. The number of benzene rings is 1. The Labute approximate surface area is 184 Å². The Hall–Kier alpha value is -1.55. The predicted octanol–water partition coefficient (Wildman–Crippen LogP) is 2.01. The fraction of sp³-hybridized carbons (Fsp3) is 0.619. The summed E-state index contributed by atoms with van der Waals surface area (Å²) in [5.41, 5.74) is 2.75. The van der Waals surface area contributed by atoms with Crippen molar-refractivity contribution in [3.63, 3.8) is 0 Å². The highest BCUT2D eigenvalue weighted by atomic mass is 32.2. The lowest BCUT2D eigenvalue weighted by Crippen LogP contribution is -2.46. The van der Waals surface area contributed by atoms with Crippen LogP contribution in [0.5, 0.6) is 0 Å². The summed E-state index contributed by atoms with van der Waals surface area (Å²) in [4.78, 5) is 4.89.